The highest BCUT2D eigenvalue weighted by Crippen LogP contribution is 2.25. The van der Waals surface area contributed by atoms with E-state index in [4.69, 9.17) is 9.47 Å². The number of amides is 1. The first-order valence-corrected chi connectivity index (χ1v) is 8.35. The number of carbonyl (C=O) groups is 1. The summed E-state index contributed by atoms with van der Waals surface area (Å²) in [7, 11) is 0. The summed E-state index contributed by atoms with van der Waals surface area (Å²) in [6.45, 7) is 1.34. The maximum Gasteiger partial charge on any atom is 0.229 e. The van der Waals surface area contributed by atoms with Gasteiger partial charge in [-0.15, -0.1) is 11.3 Å². The van der Waals surface area contributed by atoms with Crippen molar-refractivity contribution in [2.24, 2.45) is 0 Å². The number of hydrogen-bond acceptors (Lipinski definition) is 4. The molecule has 3 rings (SSSR count). The molecule has 1 aliphatic rings. The van der Waals surface area contributed by atoms with Crippen LogP contribution in [0.15, 0.2) is 41.8 Å². The Bertz CT molecular complexity index is 606. The lowest BCUT2D eigenvalue weighted by molar-refractivity contribution is -0.115. The number of rotatable bonds is 6. The fourth-order valence-corrected chi connectivity index (χ4v) is 3.12. The van der Waals surface area contributed by atoms with Crippen LogP contribution in [-0.2, 0) is 16.0 Å². The molecule has 0 aliphatic carbocycles. The third kappa shape index (κ3) is 4.08. The van der Waals surface area contributed by atoms with Crippen LogP contribution in [0.25, 0.3) is 0 Å². The number of nitrogens with one attached hydrogen (secondary N) is 1. The Morgan fingerprint density at radius 3 is 3.00 bits per heavy atom. The Kier molecular flexibility index (Phi) is 5.08. The zero-order valence-electron chi connectivity index (χ0n) is 12.3. The molecular weight excluding hydrogens is 298 g/mol. The largest absolute Gasteiger partial charge is 0.489 e. The van der Waals surface area contributed by atoms with Crippen molar-refractivity contribution in [2.45, 2.75) is 25.4 Å². The number of benzene rings is 1. The first-order chi connectivity index (χ1) is 10.8. The van der Waals surface area contributed by atoms with Crippen LogP contribution in [-0.4, -0.2) is 25.2 Å². The van der Waals surface area contributed by atoms with Crippen LogP contribution in [0, 0.1) is 0 Å². The van der Waals surface area contributed by atoms with Gasteiger partial charge in [-0.05, 0) is 36.4 Å². The van der Waals surface area contributed by atoms with Gasteiger partial charge in [0.2, 0.25) is 5.91 Å². The summed E-state index contributed by atoms with van der Waals surface area (Å²) >= 11 is 1.58. The number of carbonyl (C=O) groups excluding carboxylic acids is 1. The molecule has 1 saturated heterocycles. The molecule has 1 N–H and O–H groups in total. The summed E-state index contributed by atoms with van der Waals surface area (Å²) in [5, 5.41) is 4.90. The van der Waals surface area contributed by atoms with Crippen molar-refractivity contribution in [3.8, 4) is 5.75 Å². The average Bonchev–Trinajstić information content (AvgIpc) is 3.19. The molecule has 0 bridgehead atoms. The SMILES string of the molecule is O=C(Cc1cccs1)Nc1ccccc1OCC1CCCO1. The van der Waals surface area contributed by atoms with E-state index in [9.17, 15) is 4.79 Å². The predicted molar refractivity (Wildman–Crippen MR) is 87.6 cm³/mol. The molecule has 0 spiro atoms. The topological polar surface area (TPSA) is 47.6 Å². The second kappa shape index (κ2) is 7.42. The zero-order valence-corrected chi connectivity index (χ0v) is 13.1. The molecular formula is C17H19NO3S. The molecule has 5 heteroatoms. The van der Waals surface area contributed by atoms with Crippen molar-refractivity contribution < 1.29 is 14.3 Å². The molecule has 22 heavy (non-hydrogen) atoms. The number of ether oxygens (including phenoxy) is 2. The quantitative estimate of drug-likeness (QED) is 0.887. The number of anilines is 1. The van der Waals surface area contributed by atoms with Crippen LogP contribution in [0.5, 0.6) is 5.75 Å². The zero-order chi connectivity index (χ0) is 15.2. The fraction of sp³-hybridized carbons (Fsp3) is 0.353. The maximum atomic E-state index is 12.1. The van der Waals surface area contributed by atoms with E-state index in [1.165, 1.54) is 0 Å². The molecule has 116 valence electrons. The van der Waals surface area contributed by atoms with Crippen molar-refractivity contribution in [1.29, 1.82) is 0 Å². The van der Waals surface area contributed by atoms with Gasteiger partial charge in [-0.25, -0.2) is 0 Å². The molecule has 0 radical (unpaired) electrons. The molecule has 2 aromatic rings. The lowest BCUT2D eigenvalue weighted by atomic mass is 10.2. The van der Waals surface area contributed by atoms with Crippen molar-refractivity contribution in [3.05, 3.63) is 46.7 Å². The molecule has 1 unspecified atom stereocenters. The van der Waals surface area contributed by atoms with Crippen LogP contribution in [0.2, 0.25) is 0 Å². The van der Waals surface area contributed by atoms with Crippen molar-refractivity contribution >= 4 is 22.9 Å². The summed E-state index contributed by atoms with van der Waals surface area (Å²) in [4.78, 5) is 13.2. The maximum absolute atomic E-state index is 12.1. The van der Waals surface area contributed by atoms with Gasteiger partial charge in [-0.3, -0.25) is 4.79 Å². The van der Waals surface area contributed by atoms with E-state index in [1.54, 1.807) is 11.3 Å². The van der Waals surface area contributed by atoms with Crippen molar-refractivity contribution in [1.82, 2.24) is 0 Å². The molecule has 1 atom stereocenters. The van der Waals surface area contributed by atoms with Gasteiger partial charge >= 0.3 is 0 Å². The van der Waals surface area contributed by atoms with Gasteiger partial charge < -0.3 is 14.8 Å². The minimum absolute atomic E-state index is 0.0318. The molecule has 1 aliphatic heterocycles. The number of hydrogen-bond donors (Lipinski definition) is 1. The Morgan fingerprint density at radius 2 is 2.23 bits per heavy atom. The standard InChI is InChI=1S/C17H19NO3S/c19-17(11-14-6-4-10-22-14)18-15-7-1-2-8-16(15)21-12-13-5-3-9-20-13/h1-2,4,6-8,10,13H,3,5,9,11-12H2,(H,18,19). The van der Waals surface area contributed by atoms with E-state index in [1.807, 2.05) is 41.8 Å². The number of para-hydroxylation sites is 2. The fourth-order valence-electron chi connectivity index (χ4n) is 2.42. The summed E-state index contributed by atoms with van der Waals surface area (Å²) < 4.78 is 11.4. The normalized spacial score (nSPS) is 17.4. The van der Waals surface area contributed by atoms with Gasteiger partial charge in [0.15, 0.2) is 0 Å². The first-order valence-electron chi connectivity index (χ1n) is 7.47. The molecule has 1 amide bonds. The van der Waals surface area contributed by atoms with Gasteiger partial charge in [0.05, 0.1) is 18.2 Å². The third-order valence-electron chi connectivity index (χ3n) is 3.52. The Labute approximate surface area is 134 Å². The smallest absolute Gasteiger partial charge is 0.229 e. The highest BCUT2D eigenvalue weighted by Gasteiger charge is 2.17. The third-order valence-corrected chi connectivity index (χ3v) is 4.40. The van der Waals surface area contributed by atoms with Crippen LogP contribution < -0.4 is 10.1 Å². The molecule has 0 saturated carbocycles. The van der Waals surface area contributed by atoms with Crippen LogP contribution in [0.1, 0.15) is 17.7 Å². The Balaban J connectivity index is 1.59. The minimum atomic E-state index is -0.0318. The average molecular weight is 317 g/mol. The van der Waals surface area contributed by atoms with Crippen molar-refractivity contribution in [2.75, 3.05) is 18.5 Å². The predicted octanol–water partition coefficient (Wildman–Crippen LogP) is 3.49. The van der Waals surface area contributed by atoms with Gasteiger partial charge in [-0.1, -0.05) is 18.2 Å². The van der Waals surface area contributed by atoms with Gasteiger partial charge in [0, 0.05) is 11.5 Å². The Hall–Kier alpha value is -1.85. The summed E-state index contributed by atoms with van der Waals surface area (Å²) in [6, 6.07) is 11.4. The highest BCUT2D eigenvalue weighted by atomic mass is 32.1. The van der Waals surface area contributed by atoms with E-state index in [0.717, 1.165) is 24.3 Å². The Morgan fingerprint density at radius 1 is 1.32 bits per heavy atom. The lowest BCUT2D eigenvalue weighted by Crippen LogP contribution is -2.18. The highest BCUT2D eigenvalue weighted by molar-refractivity contribution is 7.10. The van der Waals surface area contributed by atoms with E-state index < -0.39 is 0 Å². The van der Waals surface area contributed by atoms with E-state index in [-0.39, 0.29) is 12.0 Å². The van der Waals surface area contributed by atoms with Crippen LogP contribution in [0.3, 0.4) is 0 Å². The molecule has 2 heterocycles. The monoisotopic (exact) mass is 317 g/mol. The lowest BCUT2D eigenvalue weighted by Gasteiger charge is -2.15. The van der Waals surface area contributed by atoms with Gasteiger partial charge in [0.25, 0.3) is 0 Å². The minimum Gasteiger partial charge on any atom is -0.489 e. The van der Waals surface area contributed by atoms with Gasteiger partial charge in [0.1, 0.15) is 12.4 Å². The molecule has 4 nitrogen and oxygen atoms in total. The second-order valence-corrected chi connectivity index (χ2v) is 6.28. The van der Waals surface area contributed by atoms with Crippen LogP contribution in [0.4, 0.5) is 5.69 Å². The van der Waals surface area contributed by atoms with Crippen molar-refractivity contribution in [3.63, 3.8) is 0 Å². The second-order valence-electron chi connectivity index (χ2n) is 5.25. The summed E-state index contributed by atoms with van der Waals surface area (Å²) in [6.07, 6.45) is 2.67. The molecule has 1 aromatic heterocycles. The van der Waals surface area contributed by atoms with E-state index in [2.05, 4.69) is 5.32 Å². The first kappa shape index (κ1) is 15.1. The van der Waals surface area contributed by atoms with E-state index in [0.29, 0.717) is 24.5 Å². The molecule has 1 fully saturated rings. The van der Waals surface area contributed by atoms with Crippen LogP contribution >= 0.6 is 11.3 Å². The molecule has 1 aromatic carbocycles. The number of thiophene rings is 1. The van der Waals surface area contributed by atoms with E-state index >= 15 is 0 Å². The summed E-state index contributed by atoms with van der Waals surface area (Å²) in [5.41, 5.74) is 0.710. The summed E-state index contributed by atoms with van der Waals surface area (Å²) in [5.74, 6) is 0.660. The van der Waals surface area contributed by atoms with Gasteiger partial charge in [-0.2, -0.15) is 0 Å².